The number of carbonyl (C=O) groups excluding carboxylic acids is 1. The van der Waals surface area contributed by atoms with Crippen LogP contribution < -0.4 is 0 Å². The van der Waals surface area contributed by atoms with E-state index in [0.717, 1.165) is 0 Å². The molecule has 0 heterocycles. The fraction of sp³-hybridized carbons (Fsp3) is 0.857. The molecule has 3 atom stereocenters. The largest absolute Gasteiger partial charge is 0.329 e. The van der Waals surface area contributed by atoms with Crippen LogP contribution in [0.5, 0.6) is 0 Å². The van der Waals surface area contributed by atoms with Gasteiger partial charge in [0.25, 0.3) is 0 Å². The molecule has 0 bridgehead atoms. The lowest BCUT2D eigenvalue weighted by molar-refractivity contribution is -0.120. The number of ketones is 1. The molecule has 70 valence electrons. The van der Waals surface area contributed by atoms with Crippen molar-refractivity contribution in [1.82, 2.24) is 0 Å². The molecule has 12 heavy (non-hydrogen) atoms. The molecule has 1 aliphatic rings. The molecule has 2 N–H and O–H groups in total. The van der Waals surface area contributed by atoms with Crippen molar-refractivity contribution < 1.29 is 19.1 Å². The number of hydrogen-bond donors (Lipinski definition) is 2. The lowest BCUT2D eigenvalue weighted by atomic mass is 10.1. The van der Waals surface area contributed by atoms with Gasteiger partial charge in [-0.2, -0.15) is 0 Å². The van der Waals surface area contributed by atoms with Crippen LogP contribution in [0.2, 0.25) is 0 Å². The second-order valence-corrected chi connectivity index (χ2v) is 5.29. The van der Waals surface area contributed by atoms with Crippen molar-refractivity contribution in [2.45, 2.75) is 25.9 Å². The summed E-state index contributed by atoms with van der Waals surface area (Å²) < 4.78 is 10.9. The maximum absolute atomic E-state index is 11.1. The van der Waals surface area contributed by atoms with E-state index in [2.05, 4.69) is 0 Å². The van der Waals surface area contributed by atoms with E-state index in [0.29, 0.717) is 6.42 Å². The average molecular weight is 192 g/mol. The second-order valence-electron chi connectivity index (χ2n) is 3.52. The molecule has 0 aromatic carbocycles. The van der Waals surface area contributed by atoms with E-state index in [-0.39, 0.29) is 11.7 Å². The van der Waals surface area contributed by atoms with Crippen molar-refractivity contribution in [1.29, 1.82) is 0 Å². The third kappa shape index (κ3) is 1.60. The highest BCUT2D eigenvalue weighted by Gasteiger charge is 2.46. The van der Waals surface area contributed by atoms with Gasteiger partial charge in [-0.25, -0.2) is 0 Å². The van der Waals surface area contributed by atoms with Gasteiger partial charge in [-0.1, -0.05) is 13.8 Å². The van der Waals surface area contributed by atoms with Crippen LogP contribution >= 0.6 is 7.60 Å². The second kappa shape index (κ2) is 2.95. The van der Waals surface area contributed by atoms with Gasteiger partial charge >= 0.3 is 7.60 Å². The average Bonchev–Trinajstić information content (AvgIpc) is 2.05. The van der Waals surface area contributed by atoms with E-state index in [9.17, 15) is 9.36 Å². The van der Waals surface area contributed by atoms with Crippen LogP contribution in [0.4, 0.5) is 0 Å². The first-order valence-corrected chi connectivity index (χ1v) is 5.60. The summed E-state index contributed by atoms with van der Waals surface area (Å²) in [5.41, 5.74) is -0.759. The fourth-order valence-corrected chi connectivity index (χ4v) is 3.45. The third-order valence-corrected chi connectivity index (χ3v) is 4.25. The van der Waals surface area contributed by atoms with Crippen molar-refractivity contribution in [2.75, 3.05) is 0 Å². The van der Waals surface area contributed by atoms with Gasteiger partial charge in [-0.05, 0) is 5.92 Å². The van der Waals surface area contributed by atoms with E-state index >= 15 is 0 Å². The summed E-state index contributed by atoms with van der Waals surface area (Å²) in [5, 5.41) is 0. The Labute approximate surface area is 71.1 Å². The molecule has 0 amide bonds. The van der Waals surface area contributed by atoms with Gasteiger partial charge in [-0.3, -0.25) is 9.36 Å². The minimum Gasteiger partial charge on any atom is -0.324 e. The summed E-state index contributed by atoms with van der Waals surface area (Å²) in [7, 11) is -4.08. The summed E-state index contributed by atoms with van der Waals surface area (Å²) in [6.45, 7) is 3.31. The highest BCUT2D eigenvalue weighted by molar-refractivity contribution is 7.52. The molecule has 1 aliphatic carbocycles. The van der Waals surface area contributed by atoms with Gasteiger partial charge in [0.15, 0.2) is 0 Å². The van der Waals surface area contributed by atoms with E-state index < -0.39 is 19.2 Å². The molecule has 0 aromatic rings. The molecule has 4 nitrogen and oxygen atoms in total. The number of rotatable bonds is 1. The molecule has 1 rings (SSSR count). The van der Waals surface area contributed by atoms with Crippen LogP contribution in [-0.2, 0) is 9.36 Å². The quantitative estimate of drug-likeness (QED) is 0.602. The van der Waals surface area contributed by atoms with Gasteiger partial charge in [0.1, 0.15) is 5.78 Å². The van der Waals surface area contributed by atoms with Crippen LogP contribution in [0, 0.1) is 11.8 Å². The molecule has 5 heteroatoms. The van der Waals surface area contributed by atoms with Crippen LogP contribution in [0.3, 0.4) is 0 Å². The molecular formula is C7H13O4P. The maximum atomic E-state index is 11.1. The summed E-state index contributed by atoms with van der Waals surface area (Å²) in [4.78, 5) is 29.0. The van der Waals surface area contributed by atoms with Crippen LogP contribution in [0.25, 0.3) is 0 Å². The first-order chi connectivity index (χ1) is 5.34. The number of Topliss-reactive ketones (excluding diaryl/α,β-unsaturated/α-hetero) is 1. The normalized spacial score (nSPS) is 37.3. The van der Waals surface area contributed by atoms with E-state index in [1.165, 1.54) is 0 Å². The Morgan fingerprint density at radius 3 is 2.08 bits per heavy atom. The van der Waals surface area contributed by atoms with E-state index in [4.69, 9.17) is 9.79 Å². The lowest BCUT2D eigenvalue weighted by Crippen LogP contribution is -2.19. The number of hydrogen-bond acceptors (Lipinski definition) is 2. The predicted octanol–water partition coefficient (Wildman–Crippen LogP) is 0.778. The summed E-state index contributed by atoms with van der Waals surface area (Å²) in [6.07, 6.45) is 0.303. The molecular weight excluding hydrogens is 179 g/mol. The Hall–Kier alpha value is -0.180. The highest BCUT2D eigenvalue weighted by Crippen LogP contribution is 2.52. The van der Waals surface area contributed by atoms with Gasteiger partial charge in [0.2, 0.25) is 0 Å². The minimum absolute atomic E-state index is 0.0316. The number of carbonyl (C=O) groups is 1. The molecule has 0 aromatic heterocycles. The van der Waals surface area contributed by atoms with Crippen molar-refractivity contribution in [2.24, 2.45) is 11.8 Å². The first-order valence-electron chi connectivity index (χ1n) is 3.92. The van der Waals surface area contributed by atoms with E-state index in [1.54, 1.807) is 13.8 Å². The third-order valence-electron chi connectivity index (χ3n) is 2.51. The molecule has 0 spiro atoms. The molecule has 0 aliphatic heterocycles. The van der Waals surface area contributed by atoms with E-state index in [1.807, 2.05) is 0 Å². The van der Waals surface area contributed by atoms with Gasteiger partial charge in [-0.15, -0.1) is 0 Å². The Morgan fingerprint density at radius 1 is 1.42 bits per heavy atom. The Balaban J connectivity index is 2.91. The van der Waals surface area contributed by atoms with Crippen LogP contribution in [-0.4, -0.2) is 21.2 Å². The van der Waals surface area contributed by atoms with Crippen molar-refractivity contribution in [3.63, 3.8) is 0 Å². The zero-order valence-corrected chi connectivity index (χ0v) is 7.99. The van der Waals surface area contributed by atoms with Gasteiger partial charge in [0, 0.05) is 12.3 Å². The Morgan fingerprint density at radius 2 is 1.92 bits per heavy atom. The monoisotopic (exact) mass is 192 g/mol. The fourth-order valence-electron chi connectivity index (χ4n) is 1.93. The zero-order valence-electron chi connectivity index (χ0n) is 7.10. The molecule has 3 unspecified atom stereocenters. The SMILES string of the molecule is CC1CC(=O)C(C)C1P(=O)(O)O. The summed E-state index contributed by atoms with van der Waals surface area (Å²) in [6, 6.07) is 0. The maximum Gasteiger partial charge on any atom is 0.329 e. The Bertz CT molecular complexity index is 244. The van der Waals surface area contributed by atoms with Gasteiger partial charge < -0.3 is 9.79 Å². The standard InChI is InChI=1S/C7H13O4P/c1-4-3-6(8)5(2)7(4)12(9,10)11/h4-5,7H,3H2,1-2H3,(H2,9,10,11). The highest BCUT2D eigenvalue weighted by atomic mass is 31.2. The minimum atomic E-state index is -4.08. The smallest absolute Gasteiger partial charge is 0.324 e. The summed E-state index contributed by atoms with van der Waals surface area (Å²) in [5.74, 6) is -0.704. The van der Waals surface area contributed by atoms with Gasteiger partial charge in [0.05, 0.1) is 5.66 Å². The molecule has 1 fully saturated rings. The lowest BCUT2D eigenvalue weighted by Gasteiger charge is -2.19. The molecule has 1 saturated carbocycles. The van der Waals surface area contributed by atoms with Crippen LogP contribution in [0.15, 0.2) is 0 Å². The summed E-state index contributed by atoms with van der Waals surface area (Å²) >= 11 is 0. The molecule has 0 saturated heterocycles. The predicted molar refractivity (Wildman–Crippen MR) is 43.8 cm³/mol. The first kappa shape index (κ1) is 9.90. The Kier molecular flexibility index (Phi) is 2.43. The van der Waals surface area contributed by atoms with Crippen molar-refractivity contribution >= 4 is 13.4 Å². The topological polar surface area (TPSA) is 74.6 Å². The van der Waals surface area contributed by atoms with Crippen molar-refractivity contribution in [3.8, 4) is 0 Å². The zero-order chi connectivity index (χ0) is 9.52. The molecule has 0 radical (unpaired) electrons. The van der Waals surface area contributed by atoms with Crippen molar-refractivity contribution in [3.05, 3.63) is 0 Å². The van der Waals surface area contributed by atoms with Crippen LogP contribution in [0.1, 0.15) is 20.3 Å².